The van der Waals surface area contributed by atoms with E-state index in [4.69, 9.17) is 0 Å². The maximum Gasteiger partial charge on any atom is 0.416 e. The van der Waals surface area contributed by atoms with E-state index in [1.807, 2.05) is 30.3 Å². The van der Waals surface area contributed by atoms with Crippen molar-refractivity contribution in [3.63, 3.8) is 0 Å². The number of anilines is 1. The molecule has 1 heterocycles. The Balaban J connectivity index is 1.96. The number of alkyl halides is 3. The number of hydrogen-bond donors (Lipinski definition) is 1. The van der Waals surface area contributed by atoms with Crippen LogP contribution in [0.2, 0.25) is 0 Å². The van der Waals surface area contributed by atoms with E-state index in [-0.39, 0.29) is 21.2 Å². The number of halogens is 3. The van der Waals surface area contributed by atoms with Crippen LogP contribution in [0.25, 0.3) is 10.4 Å². The average molecular weight is 425 g/mol. The summed E-state index contributed by atoms with van der Waals surface area (Å²) in [6.45, 7) is 1.32. The molecule has 28 heavy (non-hydrogen) atoms. The van der Waals surface area contributed by atoms with Gasteiger partial charge in [-0.2, -0.15) is 13.2 Å². The van der Waals surface area contributed by atoms with E-state index in [9.17, 15) is 26.4 Å². The van der Waals surface area contributed by atoms with Gasteiger partial charge in [-0.1, -0.05) is 30.3 Å². The summed E-state index contributed by atoms with van der Waals surface area (Å²) in [5.41, 5.74) is -0.0380. The minimum atomic E-state index is -4.56. The topological polar surface area (TPSA) is 63.2 Å². The van der Waals surface area contributed by atoms with Crippen LogP contribution in [0.3, 0.4) is 0 Å². The predicted molar refractivity (Wildman–Crippen MR) is 102 cm³/mol. The number of benzene rings is 2. The quantitative estimate of drug-likeness (QED) is 0.554. The lowest BCUT2D eigenvalue weighted by molar-refractivity contribution is -0.137. The molecule has 0 spiro atoms. The van der Waals surface area contributed by atoms with Crippen LogP contribution in [-0.2, 0) is 16.2 Å². The third-order valence-electron chi connectivity index (χ3n) is 3.85. The molecule has 3 aromatic rings. The van der Waals surface area contributed by atoms with Gasteiger partial charge >= 0.3 is 6.18 Å². The molecule has 1 N–H and O–H groups in total. The summed E-state index contributed by atoms with van der Waals surface area (Å²) in [5, 5.41) is 0. The molecule has 1 aromatic heterocycles. The van der Waals surface area contributed by atoms with Gasteiger partial charge in [0.1, 0.15) is 0 Å². The number of sulfonamides is 1. The summed E-state index contributed by atoms with van der Waals surface area (Å²) in [6, 6.07) is 13.8. The third kappa shape index (κ3) is 4.26. The number of thiophene rings is 1. The van der Waals surface area contributed by atoms with E-state index in [1.54, 1.807) is 6.07 Å². The van der Waals surface area contributed by atoms with Crippen molar-refractivity contribution in [3.8, 4) is 10.4 Å². The molecule has 0 saturated heterocycles. The predicted octanol–water partition coefficient (Wildman–Crippen LogP) is 5.44. The van der Waals surface area contributed by atoms with E-state index in [1.165, 1.54) is 6.92 Å². The number of carbonyl (C=O) groups is 1. The molecule has 2 aromatic carbocycles. The second-order valence-corrected chi connectivity index (χ2v) is 8.64. The summed E-state index contributed by atoms with van der Waals surface area (Å²) in [6.07, 6.45) is -4.56. The van der Waals surface area contributed by atoms with Gasteiger partial charge in [-0.3, -0.25) is 9.52 Å². The summed E-state index contributed by atoms with van der Waals surface area (Å²) >= 11 is 1.14. The highest BCUT2D eigenvalue weighted by molar-refractivity contribution is 7.92. The van der Waals surface area contributed by atoms with Gasteiger partial charge in [0.05, 0.1) is 21.0 Å². The number of hydrogen-bond acceptors (Lipinski definition) is 4. The van der Waals surface area contributed by atoms with Crippen molar-refractivity contribution in [2.45, 2.75) is 18.0 Å². The van der Waals surface area contributed by atoms with Crippen molar-refractivity contribution in [3.05, 3.63) is 71.1 Å². The number of carbonyl (C=O) groups excluding carboxylic acids is 1. The van der Waals surface area contributed by atoms with Crippen LogP contribution in [0.15, 0.2) is 65.6 Å². The summed E-state index contributed by atoms with van der Waals surface area (Å²) in [4.78, 5) is 12.5. The summed E-state index contributed by atoms with van der Waals surface area (Å²) in [7, 11) is -4.16. The van der Waals surface area contributed by atoms with Gasteiger partial charge in [-0.25, -0.2) is 8.42 Å². The molecule has 4 nitrogen and oxygen atoms in total. The fourth-order valence-electron chi connectivity index (χ4n) is 2.50. The fraction of sp³-hybridized carbons (Fsp3) is 0.105. The number of nitrogens with one attached hydrogen (secondary N) is 1. The van der Waals surface area contributed by atoms with Gasteiger partial charge in [-0.05, 0) is 35.9 Å². The van der Waals surface area contributed by atoms with Crippen LogP contribution in [-0.4, -0.2) is 14.2 Å². The highest BCUT2D eigenvalue weighted by Gasteiger charge is 2.31. The van der Waals surface area contributed by atoms with Gasteiger partial charge in [-0.15, -0.1) is 11.3 Å². The Morgan fingerprint density at radius 1 is 1.00 bits per heavy atom. The molecular weight excluding hydrogens is 411 g/mol. The largest absolute Gasteiger partial charge is 0.416 e. The van der Waals surface area contributed by atoms with Crippen molar-refractivity contribution in [1.29, 1.82) is 0 Å². The SMILES string of the molecule is CC(=O)c1sc(-c2ccccc2)cc1NS(=O)(=O)c1ccc(C(F)(F)F)cc1. The number of rotatable bonds is 5. The first-order chi connectivity index (χ1) is 13.1. The zero-order valence-corrected chi connectivity index (χ0v) is 16.1. The molecule has 0 atom stereocenters. The van der Waals surface area contributed by atoms with Crippen LogP contribution in [0.5, 0.6) is 0 Å². The first-order valence-electron chi connectivity index (χ1n) is 7.98. The molecule has 0 amide bonds. The molecular formula is C19H14F3NO3S2. The van der Waals surface area contributed by atoms with E-state index in [0.717, 1.165) is 29.0 Å². The lowest BCUT2D eigenvalue weighted by Gasteiger charge is -2.10. The molecule has 0 fully saturated rings. The van der Waals surface area contributed by atoms with Crippen LogP contribution >= 0.6 is 11.3 Å². The molecule has 0 radical (unpaired) electrons. The summed E-state index contributed by atoms with van der Waals surface area (Å²) < 4.78 is 65.5. The molecule has 0 aliphatic heterocycles. The summed E-state index contributed by atoms with van der Waals surface area (Å²) in [5.74, 6) is -0.322. The second-order valence-electron chi connectivity index (χ2n) is 5.90. The molecule has 146 valence electrons. The van der Waals surface area contributed by atoms with Crippen LogP contribution < -0.4 is 4.72 Å². The highest BCUT2D eigenvalue weighted by atomic mass is 32.2. The van der Waals surface area contributed by atoms with Gasteiger partial charge in [0.15, 0.2) is 5.78 Å². The molecule has 0 aliphatic rings. The van der Waals surface area contributed by atoms with Crippen LogP contribution in [0.4, 0.5) is 18.9 Å². The van der Waals surface area contributed by atoms with Gasteiger partial charge in [0.2, 0.25) is 0 Å². The first kappa shape index (κ1) is 20.1. The van der Waals surface area contributed by atoms with E-state index in [2.05, 4.69) is 4.72 Å². The second kappa shape index (κ2) is 7.40. The van der Waals surface area contributed by atoms with Crippen molar-refractivity contribution in [1.82, 2.24) is 0 Å². The first-order valence-corrected chi connectivity index (χ1v) is 10.3. The van der Waals surface area contributed by atoms with Crippen LogP contribution in [0, 0.1) is 0 Å². The minimum absolute atomic E-state index is 0.0938. The van der Waals surface area contributed by atoms with E-state index >= 15 is 0 Å². The van der Waals surface area contributed by atoms with Crippen molar-refractivity contribution in [2.75, 3.05) is 4.72 Å². The Kier molecular flexibility index (Phi) is 5.31. The number of Topliss-reactive ketones (excluding diaryl/α,β-unsaturated/α-hetero) is 1. The Hall–Kier alpha value is -2.65. The Morgan fingerprint density at radius 3 is 2.14 bits per heavy atom. The Labute approximate surface area is 163 Å². The lowest BCUT2D eigenvalue weighted by Crippen LogP contribution is -2.14. The molecule has 0 unspecified atom stereocenters. The smallest absolute Gasteiger partial charge is 0.294 e. The fourth-order valence-corrected chi connectivity index (χ4v) is 4.64. The Morgan fingerprint density at radius 2 is 1.61 bits per heavy atom. The van der Waals surface area contributed by atoms with E-state index < -0.39 is 21.8 Å². The van der Waals surface area contributed by atoms with E-state index in [0.29, 0.717) is 17.0 Å². The normalized spacial score (nSPS) is 12.0. The maximum absolute atomic E-state index is 12.7. The standard InChI is InChI=1S/C19H14F3NO3S2/c1-12(24)18-16(11-17(27-18)13-5-3-2-4-6-13)23-28(25,26)15-9-7-14(8-10-15)19(20,21)22/h2-11,23H,1H3. The molecule has 0 bridgehead atoms. The maximum atomic E-state index is 12.7. The molecule has 0 saturated carbocycles. The molecule has 3 rings (SSSR count). The lowest BCUT2D eigenvalue weighted by atomic mass is 10.2. The highest BCUT2D eigenvalue weighted by Crippen LogP contribution is 2.36. The zero-order chi connectivity index (χ0) is 20.5. The average Bonchev–Trinajstić information content (AvgIpc) is 3.05. The van der Waals surface area contributed by atoms with Gasteiger partial charge in [0.25, 0.3) is 10.0 Å². The molecule has 0 aliphatic carbocycles. The van der Waals surface area contributed by atoms with Crippen LogP contribution in [0.1, 0.15) is 22.2 Å². The number of ketones is 1. The van der Waals surface area contributed by atoms with Gasteiger partial charge < -0.3 is 0 Å². The Bertz CT molecular complexity index is 1100. The van der Waals surface area contributed by atoms with Crippen molar-refractivity contribution < 1.29 is 26.4 Å². The van der Waals surface area contributed by atoms with Crippen molar-refractivity contribution >= 4 is 32.8 Å². The monoisotopic (exact) mass is 425 g/mol. The molecule has 9 heteroatoms. The van der Waals surface area contributed by atoms with Crippen molar-refractivity contribution in [2.24, 2.45) is 0 Å². The van der Waals surface area contributed by atoms with Gasteiger partial charge in [0, 0.05) is 11.8 Å². The third-order valence-corrected chi connectivity index (χ3v) is 6.51. The minimum Gasteiger partial charge on any atom is -0.294 e. The zero-order valence-electron chi connectivity index (χ0n) is 14.4.